The third-order valence-electron chi connectivity index (χ3n) is 4.69. The number of hydrogen-bond donors (Lipinski definition) is 1. The zero-order valence-electron chi connectivity index (χ0n) is 13.6. The van der Waals surface area contributed by atoms with E-state index in [1.54, 1.807) is 17.5 Å². The fraction of sp³-hybridized carbons (Fsp3) is 0.625. The number of likely N-dealkylation sites (tertiary alicyclic amines) is 1. The van der Waals surface area contributed by atoms with Gasteiger partial charge in [-0.1, -0.05) is 5.16 Å². The maximum Gasteiger partial charge on any atom is 0.317 e. The number of hydrogen-bond acceptors (Lipinski definition) is 6. The third-order valence-corrected chi connectivity index (χ3v) is 5.55. The molecule has 2 amide bonds. The topological polar surface area (TPSA) is 84.2 Å². The van der Waals surface area contributed by atoms with Crippen molar-refractivity contribution in [1.82, 2.24) is 25.3 Å². The molecule has 2 fully saturated rings. The molecular weight excluding hydrogens is 326 g/mol. The molecule has 3 heterocycles. The van der Waals surface area contributed by atoms with Crippen molar-refractivity contribution in [1.29, 1.82) is 0 Å². The van der Waals surface area contributed by atoms with Crippen LogP contribution in [0.5, 0.6) is 0 Å². The van der Waals surface area contributed by atoms with Gasteiger partial charge in [0.25, 0.3) is 0 Å². The van der Waals surface area contributed by atoms with Gasteiger partial charge in [-0.25, -0.2) is 9.78 Å². The highest BCUT2D eigenvalue weighted by Gasteiger charge is 2.37. The molecule has 1 N–H and O–H groups in total. The second kappa shape index (κ2) is 6.51. The standard InChI is InChI=1S/C16H21N5O2S/c1-10-18-14(23-20-10)12-3-2-7-21(9-12)16(22)19-13(11-4-5-11)15-17-6-8-24-15/h6,8,11-13H,2-5,7,9H2,1H3,(H,19,22)/t12-,13-/m0/s1. The zero-order valence-corrected chi connectivity index (χ0v) is 14.5. The Labute approximate surface area is 144 Å². The zero-order chi connectivity index (χ0) is 16.5. The van der Waals surface area contributed by atoms with Crippen molar-refractivity contribution in [3.8, 4) is 0 Å². The van der Waals surface area contributed by atoms with Gasteiger partial charge in [0.2, 0.25) is 5.89 Å². The number of carbonyl (C=O) groups excluding carboxylic acids is 1. The highest BCUT2D eigenvalue weighted by Crippen LogP contribution is 2.41. The third kappa shape index (κ3) is 3.28. The molecule has 0 aromatic carbocycles. The van der Waals surface area contributed by atoms with Crippen LogP contribution in [0.25, 0.3) is 0 Å². The summed E-state index contributed by atoms with van der Waals surface area (Å²) in [5.41, 5.74) is 0. The van der Waals surface area contributed by atoms with E-state index in [1.807, 2.05) is 17.2 Å². The highest BCUT2D eigenvalue weighted by atomic mass is 32.1. The lowest BCUT2D eigenvalue weighted by Crippen LogP contribution is -2.46. The molecule has 7 nitrogen and oxygen atoms in total. The number of piperidine rings is 1. The number of urea groups is 1. The summed E-state index contributed by atoms with van der Waals surface area (Å²) >= 11 is 1.61. The van der Waals surface area contributed by atoms with E-state index >= 15 is 0 Å². The molecule has 2 atom stereocenters. The van der Waals surface area contributed by atoms with Crippen LogP contribution in [0.1, 0.15) is 54.4 Å². The van der Waals surface area contributed by atoms with Gasteiger partial charge in [0.1, 0.15) is 5.01 Å². The predicted molar refractivity (Wildman–Crippen MR) is 88.7 cm³/mol. The first-order chi connectivity index (χ1) is 11.7. The average Bonchev–Trinajstić information content (AvgIpc) is 3.10. The van der Waals surface area contributed by atoms with Gasteiger partial charge >= 0.3 is 6.03 Å². The van der Waals surface area contributed by atoms with E-state index in [0.717, 1.165) is 37.2 Å². The Balaban J connectivity index is 1.42. The predicted octanol–water partition coefficient (Wildman–Crippen LogP) is 2.87. The molecule has 2 aliphatic rings. The van der Waals surface area contributed by atoms with Crippen molar-refractivity contribution in [3.05, 3.63) is 28.3 Å². The minimum Gasteiger partial charge on any atom is -0.339 e. The first kappa shape index (κ1) is 15.6. The van der Waals surface area contributed by atoms with E-state index in [1.165, 1.54) is 0 Å². The number of aryl methyl sites for hydroxylation is 1. The van der Waals surface area contributed by atoms with Crippen molar-refractivity contribution >= 4 is 17.4 Å². The Morgan fingerprint density at radius 3 is 3.00 bits per heavy atom. The lowest BCUT2D eigenvalue weighted by atomic mass is 9.98. The molecule has 2 aromatic heterocycles. The maximum absolute atomic E-state index is 12.7. The lowest BCUT2D eigenvalue weighted by molar-refractivity contribution is 0.167. The number of nitrogens with one attached hydrogen (secondary N) is 1. The molecule has 24 heavy (non-hydrogen) atoms. The first-order valence-corrected chi connectivity index (χ1v) is 9.33. The summed E-state index contributed by atoms with van der Waals surface area (Å²) in [6.45, 7) is 3.21. The summed E-state index contributed by atoms with van der Waals surface area (Å²) in [5.74, 6) is 1.94. The smallest absolute Gasteiger partial charge is 0.317 e. The minimum absolute atomic E-state index is 0.0111. The van der Waals surface area contributed by atoms with Gasteiger partial charge in [-0.05, 0) is 38.5 Å². The highest BCUT2D eigenvalue weighted by molar-refractivity contribution is 7.09. The van der Waals surface area contributed by atoms with E-state index in [-0.39, 0.29) is 18.0 Å². The molecular formula is C16H21N5O2S. The Kier molecular flexibility index (Phi) is 4.22. The number of aromatic nitrogens is 3. The molecule has 2 aromatic rings. The van der Waals surface area contributed by atoms with Gasteiger partial charge in [0.05, 0.1) is 12.0 Å². The summed E-state index contributed by atoms with van der Waals surface area (Å²) in [6, 6.07) is 0.0339. The number of thiazole rings is 1. The molecule has 1 aliphatic heterocycles. The van der Waals surface area contributed by atoms with E-state index in [2.05, 4.69) is 20.4 Å². The Hall–Kier alpha value is -1.96. The van der Waals surface area contributed by atoms with Gasteiger partial charge in [0.15, 0.2) is 5.82 Å². The molecule has 0 radical (unpaired) electrons. The largest absolute Gasteiger partial charge is 0.339 e. The molecule has 1 aliphatic carbocycles. The fourth-order valence-electron chi connectivity index (χ4n) is 3.27. The number of carbonyl (C=O) groups is 1. The monoisotopic (exact) mass is 347 g/mol. The second-order valence-electron chi connectivity index (χ2n) is 6.60. The fourth-order valence-corrected chi connectivity index (χ4v) is 4.05. The van der Waals surface area contributed by atoms with Crippen LogP contribution in [-0.2, 0) is 0 Å². The number of nitrogens with zero attached hydrogens (tertiary/aromatic N) is 4. The Morgan fingerprint density at radius 2 is 2.33 bits per heavy atom. The van der Waals surface area contributed by atoms with Gasteiger partial charge in [-0.3, -0.25) is 0 Å². The normalized spacial score (nSPS) is 22.4. The molecule has 0 bridgehead atoms. The average molecular weight is 347 g/mol. The van der Waals surface area contributed by atoms with Gasteiger partial charge < -0.3 is 14.7 Å². The second-order valence-corrected chi connectivity index (χ2v) is 7.53. The van der Waals surface area contributed by atoms with Crippen LogP contribution < -0.4 is 5.32 Å². The van der Waals surface area contributed by atoms with Crippen LogP contribution in [0.4, 0.5) is 4.79 Å². The maximum atomic E-state index is 12.7. The molecule has 1 saturated carbocycles. The molecule has 128 valence electrons. The van der Waals surface area contributed by atoms with Crippen LogP contribution in [0.15, 0.2) is 16.1 Å². The summed E-state index contributed by atoms with van der Waals surface area (Å²) in [4.78, 5) is 23.3. The van der Waals surface area contributed by atoms with Gasteiger partial charge in [-0.2, -0.15) is 4.98 Å². The molecule has 0 unspecified atom stereocenters. The van der Waals surface area contributed by atoms with Crippen molar-refractivity contribution in [2.75, 3.05) is 13.1 Å². The quantitative estimate of drug-likeness (QED) is 0.919. The van der Waals surface area contributed by atoms with E-state index < -0.39 is 0 Å². The summed E-state index contributed by atoms with van der Waals surface area (Å²) in [6.07, 6.45) is 6.05. The van der Waals surface area contributed by atoms with Crippen LogP contribution in [0, 0.1) is 12.8 Å². The van der Waals surface area contributed by atoms with Crippen LogP contribution in [0.2, 0.25) is 0 Å². The summed E-state index contributed by atoms with van der Waals surface area (Å²) in [7, 11) is 0. The summed E-state index contributed by atoms with van der Waals surface area (Å²) < 4.78 is 5.29. The Bertz CT molecular complexity index is 697. The minimum atomic E-state index is -0.0111. The van der Waals surface area contributed by atoms with Crippen molar-refractivity contribution in [2.45, 2.75) is 44.6 Å². The van der Waals surface area contributed by atoms with E-state index in [9.17, 15) is 4.79 Å². The van der Waals surface area contributed by atoms with Crippen LogP contribution in [0.3, 0.4) is 0 Å². The van der Waals surface area contributed by atoms with Crippen molar-refractivity contribution < 1.29 is 9.32 Å². The van der Waals surface area contributed by atoms with Crippen LogP contribution in [-0.4, -0.2) is 39.1 Å². The molecule has 1 saturated heterocycles. The number of rotatable bonds is 4. The number of amides is 2. The molecule has 0 spiro atoms. The Morgan fingerprint density at radius 1 is 1.46 bits per heavy atom. The van der Waals surface area contributed by atoms with Gasteiger partial charge in [0, 0.05) is 24.7 Å². The molecule has 8 heteroatoms. The summed E-state index contributed by atoms with van der Waals surface area (Å²) in [5, 5.41) is 10.0. The SMILES string of the molecule is Cc1noc([C@H]2CCCN(C(=O)N[C@H](c3nccs3)C3CC3)C2)n1. The van der Waals surface area contributed by atoms with Gasteiger partial charge in [-0.15, -0.1) is 11.3 Å². The van der Waals surface area contributed by atoms with Crippen molar-refractivity contribution in [3.63, 3.8) is 0 Å². The van der Waals surface area contributed by atoms with Crippen molar-refractivity contribution in [2.24, 2.45) is 5.92 Å². The lowest BCUT2D eigenvalue weighted by Gasteiger charge is -2.32. The molecule has 4 rings (SSSR count). The van der Waals surface area contributed by atoms with E-state index in [0.29, 0.717) is 24.2 Å². The first-order valence-electron chi connectivity index (χ1n) is 8.46. The van der Waals surface area contributed by atoms with E-state index in [4.69, 9.17) is 4.52 Å². The van der Waals surface area contributed by atoms with Crippen LogP contribution >= 0.6 is 11.3 Å².